The Morgan fingerprint density at radius 2 is 1.69 bits per heavy atom. The summed E-state index contributed by atoms with van der Waals surface area (Å²) in [5.41, 5.74) is -0.458. The highest BCUT2D eigenvalue weighted by molar-refractivity contribution is 5.98. The summed E-state index contributed by atoms with van der Waals surface area (Å²) in [6.07, 6.45) is 5.45. The Morgan fingerprint density at radius 1 is 1.00 bits per heavy atom. The number of hydrogen-bond donors (Lipinski definition) is 3. The van der Waals surface area contributed by atoms with Gasteiger partial charge in [-0.1, -0.05) is 38.7 Å². The third-order valence-corrected chi connectivity index (χ3v) is 9.03. The van der Waals surface area contributed by atoms with Crippen molar-refractivity contribution in [2.75, 3.05) is 45.7 Å². The number of carbonyl (C=O) groups is 4. The summed E-state index contributed by atoms with van der Waals surface area (Å²) in [5.74, 6) is -8.20. The molecule has 1 aliphatic carbocycles. The fraction of sp³-hybridized carbons (Fsp3) is 0.559. The van der Waals surface area contributed by atoms with Crippen molar-refractivity contribution >= 4 is 29.3 Å². The number of nitrogens with zero attached hydrogens (tertiary/aromatic N) is 3. The number of ether oxygens (including phenoxy) is 1. The van der Waals surface area contributed by atoms with Crippen molar-refractivity contribution in [1.29, 1.82) is 0 Å². The molecule has 3 N–H and O–H groups in total. The molecule has 2 heterocycles. The predicted octanol–water partition coefficient (Wildman–Crippen LogP) is 3.63. The highest BCUT2D eigenvalue weighted by atomic mass is 19.3. The Labute approximate surface area is 279 Å². The zero-order valence-electron chi connectivity index (χ0n) is 27.7. The van der Waals surface area contributed by atoms with Crippen LogP contribution in [0.25, 0.3) is 0 Å². The average molecular weight is 675 g/mol. The SMILES string of the molecule is CCC(=O)N[C@H](Cc1ccc(NC(=O)[C@@H](NC(=O)C(F)(F)c2ccc(OC)nc2)C2CCCCCC2)c(F)c1)C(=O)N1CCN(C)CC1. The minimum absolute atomic E-state index is 0.0259. The van der Waals surface area contributed by atoms with E-state index in [0.717, 1.165) is 37.9 Å². The number of hydrogen-bond acceptors (Lipinski definition) is 7. The van der Waals surface area contributed by atoms with Crippen molar-refractivity contribution in [3.63, 3.8) is 0 Å². The number of aromatic nitrogens is 1. The molecule has 48 heavy (non-hydrogen) atoms. The number of nitrogens with one attached hydrogen (secondary N) is 3. The van der Waals surface area contributed by atoms with E-state index in [2.05, 4.69) is 25.8 Å². The lowest BCUT2D eigenvalue weighted by Crippen LogP contribution is -2.54. The first kappa shape index (κ1) is 36.6. The fourth-order valence-electron chi connectivity index (χ4n) is 6.07. The van der Waals surface area contributed by atoms with Crippen LogP contribution in [0.3, 0.4) is 0 Å². The van der Waals surface area contributed by atoms with Crippen LogP contribution in [0.1, 0.15) is 63.0 Å². The quantitative estimate of drug-likeness (QED) is 0.293. The molecule has 14 heteroatoms. The lowest BCUT2D eigenvalue weighted by Gasteiger charge is -2.34. The normalized spacial score (nSPS) is 17.5. The first-order chi connectivity index (χ1) is 22.9. The molecule has 2 aliphatic rings. The van der Waals surface area contributed by atoms with Crippen LogP contribution in [0, 0.1) is 11.7 Å². The van der Waals surface area contributed by atoms with Gasteiger partial charge in [0.25, 0.3) is 5.91 Å². The van der Waals surface area contributed by atoms with E-state index >= 15 is 13.2 Å². The molecule has 4 amide bonds. The second-order valence-electron chi connectivity index (χ2n) is 12.5. The summed E-state index contributed by atoms with van der Waals surface area (Å²) in [4.78, 5) is 59.7. The zero-order chi connectivity index (χ0) is 34.8. The second kappa shape index (κ2) is 16.8. The fourth-order valence-corrected chi connectivity index (χ4v) is 6.07. The Hall–Kier alpha value is -4.20. The first-order valence-electron chi connectivity index (χ1n) is 16.5. The number of halogens is 3. The van der Waals surface area contributed by atoms with Gasteiger partial charge in [-0.15, -0.1) is 0 Å². The summed E-state index contributed by atoms with van der Waals surface area (Å²) in [5, 5.41) is 7.50. The summed E-state index contributed by atoms with van der Waals surface area (Å²) >= 11 is 0. The first-order valence-corrected chi connectivity index (χ1v) is 16.5. The number of amides is 4. The standard InChI is InChI=1S/C34H45F3N6O5/c1-4-28(44)39-27(32(46)43-17-15-42(2)16-18-43)20-22-11-13-26(25(35)19-22)40-31(45)30(23-9-7-5-6-8-10-23)41-33(47)34(36,37)24-12-14-29(48-3)38-21-24/h11-14,19,21,23,27,30H,4-10,15-18,20H2,1-3H3,(H,39,44)(H,40,45)(H,41,47)/t27-,30+/m1/s1. The van der Waals surface area contributed by atoms with E-state index in [9.17, 15) is 19.2 Å². The maximum absolute atomic E-state index is 15.5. The highest BCUT2D eigenvalue weighted by Crippen LogP contribution is 2.31. The minimum atomic E-state index is -4.00. The minimum Gasteiger partial charge on any atom is -0.481 e. The van der Waals surface area contributed by atoms with Crippen LogP contribution in [0.15, 0.2) is 36.5 Å². The van der Waals surface area contributed by atoms with Gasteiger partial charge in [-0.2, -0.15) is 8.78 Å². The highest BCUT2D eigenvalue weighted by Gasteiger charge is 2.44. The average Bonchev–Trinajstić information content (AvgIpc) is 3.37. The van der Waals surface area contributed by atoms with E-state index in [1.54, 1.807) is 11.8 Å². The monoisotopic (exact) mass is 674 g/mol. The Morgan fingerprint density at radius 3 is 2.27 bits per heavy atom. The van der Waals surface area contributed by atoms with Gasteiger partial charge in [0.15, 0.2) is 0 Å². The number of methoxy groups -OCH3 is 1. The van der Waals surface area contributed by atoms with Gasteiger partial charge >= 0.3 is 5.92 Å². The summed E-state index contributed by atoms with van der Waals surface area (Å²) in [6.45, 7) is 4.08. The molecule has 0 unspecified atom stereocenters. The summed E-state index contributed by atoms with van der Waals surface area (Å²) in [6, 6.07) is 4.01. The molecule has 1 saturated carbocycles. The van der Waals surface area contributed by atoms with Crippen molar-refractivity contribution in [2.45, 2.75) is 76.3 Å². The van der Waals surface area contributed by atoms with E-state index in [1.807, 2.05) is 7.05 Å². The Balaban J connectivity index is 1.50. The van der Waals surface area contributed by atoms with Crippen LogP contribution in [0.4, 0.5) is 18.9 Å². The number of piperazine rings is 1. The van der Waals surface area contributed by atoms with E-state index in [1.165, 1.54) is 31.4 Å². The molecule has 11 nitrogen and oxygen atoms in total. The van der Waals surface area contributed by atoms with Crippen LogP contribution in [-0.2, 0) is 31.5 Å². The van der Waals surface area contributed by atoms with E-state index in [-0.39, 0.29) is 36.2 Å². The number of benzene rings is 1. The molecular formula is C34H45F3N6O5. The van der Waals surface area contributed by atoms with Crippen molar-refractivity contribution in [3.05, 3.63) is 53.5 Å². The number of pyridine rings is 1. The maximum atomic E-state index is 15.5. The van der Waals surface area contributed by atoms with Crippen LogP contribution in [0.2, 0.25) is 0 Å². The molecule has 1 aliphatic heterocycles. The van der Waals surface area contributed by atoms with Crippen molar-refractivity contribution in [1.82, 2.24) is 25.4 Å². The number of rotatable bonds is 12. The molecule has 262 valence electrons. The Bertz CT molecular complexity index is 1430. The van der Waals surface area contributed by atoms with Crippen LogP contribution in [-0.4, -0.2) is 90.8 Å². The maximum Gasteiger partial charge on any atom is 0.351 e. The van der Waals surface area contributed by atoms with Gasteiger partial charge in [-0.25, -0.2) is 9.37 Å². The van der Waals surface area contributed by atoms with E-state index in [0.29, 0.717) is 44.6 Å². The van der Waals surface area contributed by atoms with Gasteiger partial charge in [-0.05, 0) is 49.6 Å². The molecule has 2 fully saturated rings. The predicted molar refractivity (Wildman–Crippen MR) is 173 cm³/mol. The van der Waals surface area contributed by atoms with Crippen LogP contribution in [0.5, 0.6) is 5.88 Å². The van der Waals surface area contributed by atoms with Gasteiger partial charge in [0.2, 0.25) is 23.6 Å². The molecule has 1 saturated heterocycles. The molecule has 4 rings (SSSR count). The molecule has 0 bridgehead atoms. The zero-order valence-corrected chi connectivity index (χ0v) is 27.7. The van der Waals surface area contributed by atoms with Crippen LogP contribution < -0.4 is 20.7 Å². The van der Waals surface area contributed by atoms with Crippen molar-refractivity contribution in [3.8, 4) is 5.88 Å². The number of alkyl halides is 2. The number of carbonyl (C=O) groups excluding carboxylic acids is 4. The van der Waals surface area contributed by atoms with Gasteiger partial charge < -0.3 is 30.5 Å². The number of anilines is 1. The largest absolute Gasteiger partial charge is 0.481 e. The molecule has 1 aromatic heterocycles. The third kappa shape index (κ3) is 9.45. The Kier molecular flexibility index (Phi) is 12.8. The number of likely N-dealkylation sites (N-methyl/N-ethyl adjacent to an activating group) is 1. The lowest BCUT2D eigenvalue weighted by molar-refractivity contribution is -0.149. The van der Waals surface area contributed by atoms with Gasteiger partial charge in [0, 0.05) is 56.8 Å². The molecule has 2 aromatic rings. The lowest BCUT2D eigenvalue weighted by atomic mass is 9.90. The van der Waals surface area contributed by atoms with Gasteiger partial charge in [0.05, 0.1) is 12.8 Å². The van der Waals surface area contributed by atoms with Crippen LogP contribution >= 0.6 is 0 Å². The van der Waals surface area contributed by atoms with Crippen molar-refractivity contribution < 1.29 is 37.1 Å². The molecule has 1 aromatic carbocycles. The van der Waals surface area contributed by atoms with E-state index in [4.69, 9.17) is 4.74 Å². The summed E-state index contributed by atoms with van der Waals surface area (Å²) in [7, 11) is 3.29. The molecule has 2 atom stereocenters. The molecule has 0 spiro atoms. The topological polar surface area (TPSA) is 133 Å². The van der Waals surface area contributed by atoms with Crippen molar-refractivity contribution in [2.24, 2.45) is 5.92 Å². The summed E-state index contributed by atoms with van der Waals surface area (Å²) < 4.78 is 50.9. The smallest absolute Gasteiger partial charge is 0.351 e. The second-order valence-corrected chi connectivity index (χ2v) is 12.5. The third-order valence-electron chi connectivity index (χ3n) is 9.03. The van der Waals surface area contributed by atoms with Gasteiger partial charge in [-0.3, -0.25) is 19.2 Å². The van der Waals surface area contributed by atoms with E-state index < -0.39 is 47.1 Å². The molecule has 0 radical (unpaired) electrons. The molecular weight excluding hydrogens is 629 g/mol. The van der Waals surface area contributed by atoms with Gasteiger partial charge in [0.1, 0.15) is 17.9 Å².